The maximum absolute atomic E-state index is 11.8. The van der Waals surface area contributed by atoms with Crippen molar-refractivity contribution < 1.29 is 13.2 Å². The molecule has 0 aliphatic rings. The molecule has 0 heterocycles. The van der Waals surface area contributed by atoms with Gasteiger partial charge in [-0.1, -0.05) is 15.9 Å². The third-order valence-corrected chi connectivity index (χ3v) is 4.08. The fourth-order valence-electron chi connectivity index (χ4n) is 1.33. The summed E-state index contributed by atoms with van der Waals surface area (Å²) in [5, 5.41) is 2.66. The fraction of sp³-hybridized carbons (Fsp3) is 0.364. The third kappa shape index (κ3) is 5.41. The summed E-state index contributed by atoms with van der Waals surface area (Å²) in [5.41, 5.74) is 0.473. The first-order chi connectivity index (χ1) is 8.29. The van der Waals surface area contributed by atoms with E-state index < -0.39 is 9.84 Å². The minimum absolute atomic E-state index is 0.0708. The number of amides is 1. The number of halogens is 1. The second kappa shape index (κ2) is 6.58. The van der Waals surface area contributed by atoms with Crippen LogP contribution in [0.2, 0.25) is 0 Å². The summed E-state index contributed by atoms with van der Waals surface area (Å²) in [5.74, 6) is -0.178. The zero-order valence-electron chi connectivity index (χ0n) is 9.81. The quantitative estimate of drug-likeness (QED) is 0.629. The van der Waals surface area contributed by atoms with Crippen molar-refractivity contribution in [3.05, 3.63) is 28.2 Å². The van der Waals surface area contributed by atoms with E-state index in [1.54, 1.807) is 18.2 Å². The maximum atomic E-state index is 11.8. The SMILES string of the molecule is CS(=O)(=O)CCCNC(=O)c1ccc(Br)cc1S. The van der Waals surface area contributed by atoms with Crippen molar-refractivity contribution in [2.45, 2.75) is 11.3 Å². The van der Waals surface area contributed by atoms with Gasteiger partial charge in [-0.05, 0) is 24.6 Å². The van der Waals surface area contributed by atoms with Gasteiger partial charge in [0.2, 0.25) is 0 Å². The van der Waals surface area contributed by atoms with E-state index >= 15 is 0 Å². The molecule has 0 atom stereocenters. The summed E-state index contributed by atoms with van der Waals surface area (Å²) >= 11 is 7.49. The number of carbonyl (C=O) groups excluding carboxylic acids is 1. The van der Waals surface area contributed by atoms with Gasteiger partial charge in [-0.2, -0.15) is 0 Å². The standard InChI is InChI=1S/C11H14BrNO3S2/c1-18(15,16)6-2-5-13-11(14)9-4-3-8(12)7-10(9)17/h3-4,7,17H,2,5-6H2,1H3,(H,13,14). The van der Waals surface area contributed by atoms with Crippen LogP contribution in [0, 0.1) is 0 Å². The smallest absolute Gasteiger partial charge is 0.252 e. The molecule has 100 valence electrons. The Balaban J connectivity index is 2.51. The molecule has 0 fully saturated rings. The number of rotatable bonds is 5. The molecule has 7 heteroatoms. The molecule has 0 bridgehead atoms. The predicted molar refractivity (Wildman–Crippen MR) is 78.1 cm³/mol. The van der Waals surface area contributed by atoms with Crippen molar-refractivity contribution >= 4 is 44.3 Å². The third-order valence-electron chi connectivity index (χ3n) is 2.18. The van der Waals surface area contributed by atoms with Crippen molar-refractivity contribution in [1.82, 2.24) is 5.32 Å². The fourth-order valence-corrected chi connectivity index (χ4v) is 2.85. The van der Waals surface area contributed by atoms with Gasteiger partial charge in [0, 0.05) is 22.2 Å². The summed E-state index contributed by atoms with van der Waals surface area (Å²) in [6.45, 7) is 0.329. The van der Waals surface area contributed by atoms with Crippen LogP contribution < -0.4 is 5.32 Å². The van der Waals surface area contributed by atoms with Crippen LogP contribution in [0.4, 0.5) is 0 Å². The van der Waals surface area contributed by atoms with Crippen molar-refractivity contribution in [3.63, 3.8) is 0 Å². The Morgan fingerprint density at radius 2 is 2.11 bits per heavy atom. The van der Waals surface area contributed by atoms with Crippen LogP contribution in [0.15, 0.2) is 27.6 Å². The normalized spacial score (nSPS) is 11.3. The van der Waals surface area contributed by atoms with Crippen LogP contribution in [-0.2, 0) is 9.84 Å². The molecule has 0 unspecified atom stereocenters. The van der Waals surface area contributed by atoms with E-state index in [1.807, 2.05) is 0 Å². The van der Waals surface area contributed by atoms with E-state index in [4.69, 9.17) is 0 Å². The molecule has 1 aromatic rings. The predicted octanol–water partition coefficient (Wildman–Crippen LogP) is 1.90. The van der Waals surface area contributed by atoms with Gasteiger partial charge in [0.15, 0.2) is 0 Å². The monoisotopic (exact) mass is 351 g/mol. The average Bonchev–Trinajstić information content (AvgIpc) is 2.22. The highest BCUT2D eigenvalue weighted by atomic mass is 79.9. The highest BCUT2D eigenvalue weighted by molar-refractivity contribution is 9.10. The van der Waals surface area contributed by atoms with E-state index in [2.05, 4.69) is 33.9 Å². The lowest BCUT2D eigenvalue weighted by molar-refractivity contribution is 0.0951. The number of hydrogen-bond donors (Lipinski definition) is 2. The number of hydrogen-bond acceptors (Lipinski definition) is 4. The topological polar surface area (TPSA) is 63.2 Å². The lowest BCUT2D eigenvalue weighted by atomic mass is 10.2. The molecule has 0 saturated heterocycles. The Bertz CT molecular complexity index is 543. The minimum Gasteiger partial charge on any atom is -0.352 e. The van der Waals surface area contributed by atoms with Crippen LogP contribution in [0.5, 0.6) is 0 Å². The van der Waals surface area contributed by atoms with E-state index in [0.29, 0.717) is 23.4 Å². The summed E-state index contributed by atoms with van der Waals surface area (Å²) in [4.78, 5) is 12.4. The number of carbonyl (C=O) groups is 1. The Morgan fingerprint density at radius 1 is 1.44 bits per heavy atom. The minimum atomic E-state index is -2.97. The Labute approximate surface area is 121 Å². The van der Waals surface area contributed by atoms with Crippen molar-refractivity contribution in [3.8, 4) is 0 Å². The molecule has 0 aliphatic carbocycles. The maximum Gasteiger partial charge on any atom is 0.252 e. The Kier molecular flexibility index (Phi) is 5.68. The van der Waals surface area contributed by atoms with Crippen molar-refractivity contribution in [2.24, 2.45) is 0 Å². The van der Waals surface area contributed by atoms with Crippen LogP contribution in [-0.4, -0.2) is 32.9 Å². The van der Waals surface area contributed by atoms with Gasteiger partial charge in [0.1, 0.15) is 9.84 Å². The van der Waals surface area contributed by atoms with Gasteiger partial charge in [0.05, 0.1) is 11.3 Å². The van der Waals surface area contributed by atoms with Gasteiger partial charge in [-0.15, -0.1) is 12.6 Å². The number of nitrogens with one attached hydrogen (secondary N) is 1. The summed E-state index contributed by atoms with van der Waals surface area (Å²) in [6.07, 6.45) is 1.58. The number of benzene rings is 1. The molecule has 0 saturated carbocycles. The average molecular weight is 352 g/mol. The van der Waals surface area contributed by atoms with Crippen LogP contribution >= 0.6 is 28.6 Å². The van der Waals surface area contributed by atoms with Gasteiger partial charge in [-0.3, -0.25) is 4.79 Å². The molecule has 0 aromatic heterocycles. The van der Waals surface area contributed by atoms with E-state index in [9.17, 15) is 13.2 Å². The van der Waals surface area contributed by atoms with Crippen molar-refractivity contribution in [2.75, 3.05) is 18.6 Å². The molecular formula is C11H14BrNO3S2. The zero-order chi connectivity index (χ0) is 13.8. The second-order valence-electron chi connectivity index (χ2n) is 3.90. The van der Waals surface area contributed by atoms with Gasteiger partial charge < -0.3 is 5.32 Å². The van der Waals surface area contributed by atoms with Gasteiger partial charge in [-0.25, -0.2) is 8.42 Å². The largest absolute Gasteiger partial charge is 0.352 e. The first-order valence-electron chi connectivity index (χ1n) is 5.24. The number of sulfone groups is 1. The van der Waals surface area contributed by atoms with Crippen LogP contribution in [0.3, 0.4) is 0 Å². The summed E-state index contributed by atoms with van der Waals surface area (Å²) in [7, 11) is -2.97. The summed E-state index contributed by atoms with van der Waals surface area (Å²) < 4.78 is 22.7. The van der Waals surface area contributed by atoms with Gasteiger partial charge in [0.25, 0.3) is 5.91 Å². The van der Waals surface area contributed by atoms with Gasteiger partial charge >= 0.3 is 0 Å². The lowest BCUT2D eigenvalue weighted by Crippen LogP contribution is -2.26. The number of thiol groups is 1. The molecule has 1 aromatic carbocycles. The lowest BCUT2D eigenvalue weighted by Gasteiger charge is -2.07. The highest BCUT2D eigenvalue weighted by Crippen LogP contribution is 2.19. The molecule has 1 N–H and O–H groups in total. The molecule has 0 aliphatic heterocycles. The second-order valence-corrected chi connectivity index (χ2v) is 7.56. The van der Waals surface area contributed by atoms with E-state index in [-0.39, 0.29) is 11.7 Å². The first kappa shape index (κ1) is 15.5. The van der Waals surface area contributed by atoms with Crippen molar-refractivity contribution in [1.29, 1.82) is 0 Å². The zero-order valence-corrected chi connectivity index (χ0v) is 13.1. The summed E-state index contributed by atoms with van der Waals surface area (Å²) in [6, 6.07) is 5.15. The molecule has 4 nitrogen and oxygen atoms in total. The highest BCUT2D eigenvalue weighted by Gasteiger charge is 2.09. The van der Waals surface area contributed by atoms with E-state index in [1.165, 1.54) is 6.26 Å². The van der Waals surface area contributed by atoms with Crippen LogP contribution in [0.25, 0.3) is 0 Å². The molecule has 1 rings (SSSR count). The molecule has 0 radical (unpaired) electrons. The first-order valence-corrected chi connectivity index (χ1v) is 8.54. The molecular weight excluding hydrogens is 338 g/mol. The molecule has 1 amide bonds. The molecule has 0 spiro atoms. The van der Waals surface area contributed by atoms with E-state index in [0.717, 1.165) is 4.47 Å². The Hall–Kier alpha value is -0.530. The Morgan fingerprint density at radius 3 is 2.67 bits per heavy atom. The van der Waals surface area contributed by atoms with Crippen LogP contribution in [0.1, 0.15) is 16.8 Å². The molecule has 18 heavy (non-hydrogen) atoms.